The topological polar surface area (TPSA) is 88.2 Å². The van der Waals surface area contributed by atoms with Crippen LogP contribution in [0, 0.1) is 5.92 Å². The molecule has 2 N–H and O–H groups in total. The van der Waals surface area contributed by atoms with E-state index >= 15 is 0 Å². The van der Waals surface area contributed by atoms with Crippen molar-refractivity contribution in [1.29, 1.82) is 0 Å². The number of amides is 1. The van der Waals surface area contributed by atoms with Crippen molar-refractivity contribution in [2.75, 3.05) is 10.0 Å². The normalized spacial score (nSPS) is 15.2. The summed E-state index contributed by atoms with van der Waals surface area (Å²) in [6.45, 7) is 1.93. The molecule has 0 unspecified atom stereocenters. The Morgan fingerprint density at radius 1 is 1.13 bits per heavy atom. The number of rotatable bonds is 6. The van der Waals surface area contributed by atoms with Gasteiger partial charge in [0.25, 0.3) is 10.0 Å². The van der Waals surface area contributed by atoms with Crippen molar-refractivity contribution in [3.63, 3.8) is 0 Å². The van der Waals surface area contributed by atoms with Crippen LogP contribution in [0.15, 0.2) is 47.4 Å². The molecule has 2 aromatic carbocycles. The average molecular weight is 444 g/mol. The van der Waals surface area contributed by atoms with E-state index in [1.165, 1.54) is 17.8 Å². The van der Waals surface area contributed by atoms with E-state index in [1.54, 1.807) is 24.3 Å². The molecule has 4 rings (SSSR count). The van der Waals surface area contributed by atoms with E-state index in [0.717, 1.165) is 35.9 Å². The van der Waals surface area contributed by atoms with E-state index in [9.17, 15) is 13.2 Å². The van der Waals surface area contributed by atoms with Crippen molar-refractivity contribution < 1.29 is 13.2 Å². The minimum atomic E-state index is -3.70. The first-order valence-electron chi connectivity index (χ1n) is 10.3. The molecule has 1 amide bonds. The highest BCUT2D eigenvalue weighted by molar-refractivity contribution is 7.92. The van der Waals surface area contributed by atoms with E-state index < -0.39 is 10.0 Å². The van der Waals surface area contributed by atoms with Crippen molar-refractivity contribution in [3.8, 4) is 0 Å². The summed E-state index contributed by atoms with van der Waals surface area (Å²) in [5.41, 5.74) is 1.87. The van der Waals surface area contributed by atoms with Crippen LogP contribution in [0.5, 0.6) is 0 Å². The van der Waals surface area contributed by atoms with Gasteiger partial charge >= 0.3 is 0 Å². The summed E-state index contributed by atoms with van der Waals surface area (Å²) in [6, 6.07) is 12.2. The standard InChI is InChI=1S/C22H25N3O3S2/c1-2-15-8-6-7-11-20(15)30(27,28)25-17-12-13-19-18(14-17)23-22(29-19)24-21(26)16-9-4-3-5-10-16/h6-8,11-14,16,25H,2-5,9-10H2,1H3,(H,23,24,26). The van der Waals surface area contributed by atoms with Gasteiger partial charge in [-0.2, -0.15) is 0 Å². The molecule has 1 fully saturated rings. The van der Waals surface area contributed by atoms with Gasteiger partial charge < -0.3 is 5.32 Å². The van der Waals surface area contributed by atoms with Gasteiger partial charge in [-0.15, -0.1) is 0 Å². The molecule has 1 aromatic heterocycles. The van der Waals surface area contributed by atoms with Gasteiger partial charge in [-0.1, -0.05) is 55.7 Å². The lowest BCUT2D eigenvalue weighted by molar-refractivity contribution is -0.120. The number of anilines is 2. The van der Waals surface area contributed by atoms with Gasteiger partial charge in [-0.3, -0.25) is 9.52 Å². The Morgan fingerprint density at radius 3 is 2.67 bits per heavy atom. The summed E-state index contributed by atoms with van der Waals surface area (Å²) >= 11 is 1.40. The number of benzene rings is 2. The van der Waals surface area contributed by atoms with Crippen LogP contribution in [0.4, 0.5) is 10.8 Å². The zero-order valence-corrected chi connectivity index (χ0v) is 18.5. The number of sulfonamides is 1. The van der Waals surface area contributed by atoms with Crippen LogP contribution < -0.4 is 10.0 Å². The summed E-state index contributed by atoms with van der Waals surface area (Å²) in [5.74, 6) is 0.0950. The van der Waals surface area contributed by atoms with Crippen LogP contribution in [0.25, 0.3) is 10.2 Å². The largest absolute Gasteiger partial charge is 0.302 e. The highest BCUT2D eigenvalue weighted by Gasteiger charge is 2.22. The lowest BCUT2D eigenvalue weighted by atomic mass is 9.89. The van der Waals surface area contributed by atoms with E-state index in [-0.39, 0.29) is 16.7 Å². The molecule has 8 heteroatoms. The summed E-state index contributed by atoms with van der Waals surface area (Å²) < 4.78 is 29.3. The van der Waals surface area contributed by atoms with Crippen molar-refractivity contribution in [3.05, 3.63) is 48.0 Å². The molecule has 1 aliphatic rings. The lowest BCUT2D eigenvalue weighted by Crippen LogP contribution is -2.24. The molecule has 1 heterocycles. The zero-order chi connectivity index (χ0) is 21.1. The Kier molecular flexibility index (Phi) is 6.06. The van der Waals surface area contributed by atoms with Crippen molar-refractivity contribution in [2.45, 2.75) is 50.3 Å². The molecule has 1 aliphatic carbocycles. The number of fused-ring (bicyclic) bond motifs is 1. The first-order chi connectivity index (χ1) is 14.5. The molecule has 0 radical (unpaired) electrons. The summed E-state index contributed by atoms with van der Waals surface area (Å²) in [4.78, 5) is 17.3. The molecular weight excluding hydrogens is 418 g/mol. The van der Waals surface area contributed by atoms with Crippen LogP contribution in [0.2, 0.25) is 0 Å². The number of thiazole rings is 1. The quantitative estimate of drug-likeness (QED) is 0.549. The van der Waals surface area contributed by atoms with E-state index in [0.29, 0.717) is 22.8 Å². The third-order valence-electron chi connectivity index (χ3n) is 5.49. The number of carbonyl (C=O) groups is 1. The fourth-order valence-corrected chi connectivity index (χ4v) is 6.10. The zero-order valence-electron chi connectivity index (χ0n) is 16.8. The fourth-order valence-electron chi connectivity index (χ4n) is 3.88. The van der Waals surface area contributed by atoms with Crippen molar-refractivity contribution in [1.82, 2.24) is 4.98 Å². The van der Waals surface area contributed by atoms with Crippen LogP contribution in [-0.2, 0) is 21.2 Å². The summed E-state index contributed by atoms with van der Waals surface area (Å²) in [7, 11) is -3.70. The maximum Gasteiger partial charge on any atom is 0.262 e. The predicted octanol–water partition coefficient (Wildman–Crippen LogP) is 5.18. The van der Waals surface area contributed by atoms with Crippen LogP contribution >= 0.6 is 11.3 Å². The summed E-state index contributed by atoms with van der Waals surface area (Å²) in [5, 5.41) is 3.49. The molecule has 158 valence electrons. The Morgan fingerprint density at radius 2 is 1.90 bits per heavy atom. The van der Waals surface area contributed by atoms with E-state index in [4.69, 9.17) is 0 Å². The monoisotopic (exact) mass is 443 g/mol. The first kappa shape index (κ1) is 20.8. The first-order valence-corrected chi connectivity index (χ1v) is 12.6. The molecule has 0 atom stereocenters. The second kappa shape index (κ2) is 8.73. The van der Waals surface area contributed by atoms with Gasteiger partial charge in [0.15, 0.2) is 5.13 Å². The molecule has 1 saturated carbocycles. The minimum absolute atomic E-state index is 0.0332. The number of hydrogen-bond acceptors (Lipinski definition) is 5. The second-order valence-electron chi connectivity index (χ2n) is 7.59. The Hall–Kier alpha value is -2.45. The maximum absolute atomic E-state index is 12.9. The number of carbonyl (C=O) groups excluding carboxylic acids is 1. The highest BCUT2D eigenvalue weighted by atomic mass is 32.2. The van der Waals surface area contributed by atoms with Crippen LogP contribution in [0.3, 0.4) is 0 Å². The van der Waals surface area contributed by atoms with Gasteiger partial charge in [-0.25, -0.2) is 13.4 Å². The SMILES string of the molecule is CCc1ccccc1S(=O)(=O)Nc1ccc2sc(NC(=O)C3CCCCC3)nc2c1. The van der Waals surface area contributed by atoms with Crippen molar-refractivity contribution >= 4 is 48.3 Å². The number of aromatic nitrogens is 1. The number of nitrogens with zero attached hydrogens (tertiary/aromatic N) is 1. The highest BCUT2D eigenvalue weighted by Crippen LogP contribution is 2.31. The van der Waals surface area contributed by atoms with Gasteiger partial charge in [0.2, 0.25) is 5.91 Å². The molecular formula is C22H25N3O3S2. The number of nitrogens with one attached hydrogen (secondary N) is 2. The lowest BCUT2D eigenvalue weighted by Gasteiger charge is -2.19. The smallest absolute Gasteiger partial charge is 0.262 e. The Balaban J connectivity index is 1.53. The molecule has 0 aliphatic heterocycles. The van der Waals surface area contributed by atoms with Crippen molar-refractivity contribution in [2.24, 2.45) is 5.92 Å². The third kappa shape index (κ3) is 4.49. The third-order valence-corrected chi connectivity index (χ3v) is 7.92. The van der Waals surface area contributed by atoms with Gasteiger partial charge in [0, 0.05) is 5.92 Å². The predicted molar refractivity (Wildman–Crippen MR) is 121 cm³/mol. The molecule has 0 spiro atoms. The molecule has 6 nitrogen and oxygen atoms in total. The molecule has 30 heavy (non-hydrogen) atoms. The fraction of sp³-hybridized carbons (Fsp3) is 0.364. The second-order valence-corrected chi connectivity index (χ2v) is 10.3. The van der Waals surface area contributed by atoms with Gasteiger partial charge in [-0.05, 0) is 49.1 Å². The molecule has 0 saturated heterocycles. The van der Waals surface area contributed by atoms with Gasteiger partial charge in [0.1, 0.15) is 0 Å². The Labute approximate surface area is 180 Å². The van der Waals surface area contributed by atoms with E-state index in [1.807, 2.05) is 25.1 Å². The molecule has 0 bridgehead atoms. The van der Waals surface area contributed by atoms with Gasteiger partial charge in [0.05, 0.1) is 20.8 Å². The maximum atomic E-state index is 12.9. The average Bonchev–Trinajstić information content (AvgIpc) is 3.15. The van der Waals surface area contributed by atoms with E-state index in [2.05, 4.69) is 15.0 Å². The Bertz CT molecular complexity index is 1170. The number of aryl methyl sites for hydroxylation is 1. The summed E-state index contributed by atoms with van der Waals surface area (Å²) in [6.07, 6.45) is 5.90. The van der Waals surface area contributed by atoms with Crippen LogP contribution in [-0.4, -0.2) is 19.3 Å². The number of hydrogen-bond donors (Lipinski definition) is 2. The minimum Gasteiger partial charge on any atom is -0.302 e. The molecule has 3 aromatic rings. The van der Waals surface area contributed by atoms with Crippen LogP contribution in [0.1, 0.15) is 44.6 Å².